The second-order valence-electron chi connectivity index (χ2n) is 4.46. The molecule has 0 aliphatic carbocycles. The number of fused-ring (bicyclic) bond motifs is 1. The van der Waals surface area contributed by atoms with Crippen molar-refractivity contribution in [2.45, 2.75) is 25.7 Å². The number of rotatable bonds is 4. The van der Waals surface area contributed by atoms with Crippen molar-refractivity contribution in [1.82, 2.24) is 0 Å². The lowest BCUT2D eigenvalue weighted by atomic mass is 9.80. The van der Waals surface area contributed by atoms with E-state index in [9.17, 15) is 9.90 Å². The molecule has 0 bridgehead atoms. The molecule has 1 unspecified atom stereocenters. The van der Waals surface area contributed by atoms with Crippen molar-refractivity contribution in [1.29, 1.82) is 0 Å². The van der Waals surface area contributed by atoms with Crippen LogP contribution < -0.4 is 9.84 Å². The van der Waals surface area contributed by atoms with Gasteiger partial charge in [0, 0.05) is 16.4 Å². The molecule has 1 heterocycles. The van der Waals surface area contributed by atoms with Gasteiger partial charge < -0.3 is 19.1 Å². The Kier molecular flexibility index (Phi) is 3.03. The van der Waals surface area contributed by atoms with Gasteiger partial charge in [-0.25, -0.2) is 0 Å². The predicted molar refractivity (Wildman–Crippen MR) is 65.4 cm³/mol. The molecule has 0 spiro atoms. The first-order valence-electron chi connectivity index (χ1n) is 5.80. The molecular weight excluding hydrogens is 232 g/mol. The molecule has 0 saturated heterocycles. The lowest BCUT2D eigenvalue weighted by molar-refractivity contribution is -0.313. The fourth-order valence-corrected chi connectivity index (χ4v) is 2.06. The zero-order valence-electron chi connectivity index (χ0n) is 10.6. The van der Waals surface area contributed by atoms with E-state index in [0.29, 0.717) is 23.3 Å². The smallest absolute Gasteiger partial charge is 0.175 e. The highest BCUT2D eigenvalue weighted by atomic mass is 16.5. The highest BCUT2D eigenvalue weighted by molar-refractivity contribution is 5.92. The number of carboxylic acids is 1. The van der Waals surface area contributed by atoms with Crippen molar-refractivity contribution >= 4 is 16.9 Å². The van der Waals surface area contributed by atoms with Crippen LogP contribution in [0.15, 0.2) is 28.9 Å². The number of ether oxygens (including phenoxy) is 1. The van der Waals surface area contributed by atoms with Crippen molar-refractivity contribution < 1.29 is 19.1 Å². The van der Waals surface area contributed by atoms with Crippen LogP contribution in [0, 0.1) is 0 Å². The topological polar surface area (TPSA) is 62.5 Å². The molecule has 18 heavy (non-hydrogen) atoms. The number of carboxylic acid groups (broad SMARTS) is 1. The highest BCUT2D eigenvalue weighted by Crippen LogP contribution is 2.37. The molecule has 0 fully saturated rings. The number of methoxy groups -OCH3 is 1. The molecule has 4 heteroatoms. The lowest BCUT2D eigenvalue weighted by Crippen LogP contribution is -2.43. The Hall–Kier alpha value is -1.97. The summed E-state index contributed by atoms with van der Waals surface area (Å²) in [6.07, 6.45) is 1.91. The number of carbonyl (C=O) groups is 1. The van der Waals surface area contributed by atoms with E-state index in [1.54, 1.807) is 20.1 Å². The van der Waals surface area contributed by atoms with Crippen molar-refractivity contribution in [2.24, 2.45) is 0 Å². The number of benzene rings is 1. The maximum atomic E-state index is 11.4. The molecule has 0 saturated carbocycles. The molecule has 0 radical (unpaired) electrons. The molecule has 0 amide bonds. The van der Waals surface area contributed by atoms with Gasteiger partial charge in [0.15, 0.2) is 11.3 Å². The number of hydrogen-bond donors (Lipinski definition) is 0. The zero-order chi connectivity index (χ0) is 13.3. The molecule has 0 N–H and O–H groups in total. The summed E-state index contributed by atoms with van der Waals surface area (Å²) in [5.74, 6) is -0.508. The zero-order valence-corrected chi connectivity index (χ0v) is 10.6. The monoisotopic (exact) mass is 247 g/mol. The van der Waals surface area contributed by atoms with Crippen LogP contribution in [0.2, 0.25) is 0 Å². The summed E-state index contributed by atoms with van der Waals surface area (Å²) in [6, 6.07) is 5.41. The third-order valence-corrected chi connectivity index (χ3v) is 3.54. The van der Waals surface area contributed by atoms with E-state index in [1.165, 1.54) is 6.26 Å². The summed E-state index contributed by atoms with van der Waals surface area (Å²) in [4.78, 5) is 11.4. The fraction of sp³-hybridized carbons (Fsp3) is 0.357. The largest absolute Gasteiger partial charge is 0.549 e. The summed E-state index contributed by atoms with van der Waals surface area (Å²) in [5, 5.41) is 12.1. The van der Waals surface area contributed by atoms with E-state index in [0.717, 1.165) is 5.39 Å². The van der Waals surface area contributed by atoms with Gasteiger partial charge in [0.1, 0.15) is 0 Å². The molecule has 4 nitrogen and oxygen atoms in total. The second kappa shape index (κ2) is 4.37. The Morgan fingerprint density at radius 3 is 2.78 bits per heavy atom. The van der Waals surface area contributed by atoms with Gasteiger partial charge in [0.25, 0.3) is 0 Å². The Labute approximate surface area is 105 Å². The van der Waals surface area contributed by atoms with Crippen LogP contribution in [0.25, 0.3) is 11.0 Å². The summed E-state index contributed by atoms with van der Waals surface area (Å²) >= 11 is 0. The third kappa shape index (κ3) is 1.65. The molecule has 2 aromatic rings. The summed E-state index contributed by atoms with van der Waals surface area (Å²) in [7, 11) is 1.55. The number of para-hydroxylation sites is 1. The predicted octanol–water partition coefficient (Wildman–Crippen LogP) is 1.86. The van der Waals surface area contributed by atoms with Crippen LogP contribution in [0.3, 0.4) is 0 Å². The first-order chi connectivity index (χ1) is 8.54. The third-order valence-electron chi connectivity index (χ3n) is 3.54. The molecule has 96 valence electrons. The van der Waals surface area contributed by atoms with Crippen LogP contribution in [-0.2, 0) is 10.2 Å². The average Bonchev–Trinajstić information content (AvgIpc) is 2.81. The van der Waals surface area contributed by atoms with Crippen LogP contribution in [0.4, 0.5) is 0 Å². The maximum absolute atomic E-state index is 11.4. The van der Waals surface area contributed by atoms with Gasteiger partial charge in [-0.15, -0.1) is 0 Å². The van der Waals surface area contributed by atoms with Gasteiger partial charge in [-0.1, -0.05) is 26.0 Å². The Morgan fingerprint density at radius 1 is 1.50 bits per heavy atom. The number of hydrogen-bond acceptors (Lipinski definition) is 4. The van der Waals surface area contributed by atoms with Crippen molar-refractivity contribution in [3.05, 3.63) is 30.0 Å². The highest BCUT2D eigenvalue weighted by Gasteiger charge is 2.30. The Bertz CT molecular complexity index is 584. The summed E-state index contributed by atoms with van der Waals surface area (Å²) < 4.78 is 10.6. The van der Waals surface area contributed by atoms with Crippen LogP contribution in [-0.4, -0.2) is 13.1 Å². The van der Waals surface area contributed by atoms with Gasteiger partial charge in [-0.05, 0) is 12.5 Å². The van der Waals surface area contributed by atoms with Crippen molar-refractivity contribution in [2.75, 3.05) is 7.11 Å². The SMILES string of the molecule is CCC(C)(C(=O)[O-])c1coc2c(OC)cccc12. The average molecular weight is 247 g/mol. The van der Waals surface area contributed by atoms with E-state index in [4.69, 9.17) is 9.15 Å². The summed E-state index contributed by atoms with van der Waals surface area (Å²) in [6.45, 7) is 3.46. The standard InChI is InChI=1S/C14H16O4/c1-4-14(2,13(15)16)10-8-18-12-9(10)6-5-7-11(12)17-3/h5-8H,4H2,1-3H3,(H,15,16)/p-1. The van der Waals surface area contributed by atoms with Crippen LogP contribution in [0.1, 0.15) is 25.8 Å². The molecule has 2 rings (SSSR count). The van der Waals surface area contributed by atoms with Crippen molar-refractivity contribution in [3.8, 4) is 5.75 Å². The minimum atomic E-state index is -1.10. The quantitative estimate of drug-likeness (QED) is 0.827. The van der Waals surface area contributed by atoms with E-state index < -0.39 is 11.4 Å². The van der Waals surface area contributed by atoms with E-state index >= 15 is 0 Å². The van der Waals surface area contributed by atoms with Gasteiger partial charge in [-0.2, -0.15) is 0 Å². The fourth-order valence-electron chi connectivity index (χ4n) is 2.06. The minimum Gasteiger partial charge on any atom is -0.549 e. The van der Waals surface area contributed by atoms with Gasteiger partial charge in [0.2, 0.25) is 0 Å². The molecular formula is C14H15O4-. The second-order valence-corrected chi connectivity index (χ2v) is 4.46. The number of aliphatic carboxylic acids is 1. The van der Waals surface area contributed by atoms with E-state index in [-0.39, 0.29) is 0 Å². The number of carbonyl (C=O) groups excluding carboxylic acids is 1. The normalized spacial score (nSPS) is 14.4. The molecule has 0 aliphatic heterocycles. The summed E-state index contributed by atoms with van der Waals surface area (Å²) in [5.41, 5.74) is 0.132. The number of furan rings is 1. The van der Waals surface area contributed by atoms with E-state index in [1.807, 2.05) is 19.1 Å². The van der Waals surface area contributed by atoms with Gasteiger partial charge >= 0.3 is 0 Å². The lowest BCUT2D eigenvalue weighted by Gasteiger charge is -2.28. The van der Waals surface area contributed by atoms with E-state index in [2.05, 4.69) is 0 Å². The molecule has 0 aliphatic rings. The maximum Gasteiger partial charge on any atom is 0.175 e. The first kappa shape index (κ1) is 12.5. The first-order valence-corrected chi connectivity index (χ1v) is 5.80. The van der Waals surface area contributed by atoms with Crippen molar-refractivity contribution in [3.63, 3.8) is 0 Å². The van der Waals surface area contributed by atoms with Crippen LogP contribution in [0.5, 0.6) is 5.75 Å². The Morgan fingerprint density at radius 2 is 2.22 bits per heavy atom. The van der Waals surface area contributed by atoms with Crippen LogP contribution >= 0.6 is 0 Å². The molecule has 1 aromatic carbocycles. The molecule has 1 atom stereocenters. The minimum absolute atomic E-state index is 0.432. The van der Waals surface area contributed by atoms with Gasteiger partial charge in [0.05, 0.1) is 19.3 Å². The Balaban J connectivity index is 2.70. The van der Waals surface area contributed by atoms with Gasteiger partial charge in [-0.3, -0.25) is 0 Å². The molecule has 1 aromatic heterocycles.